The summed E-state index contributed by atoms with van der Waals surface area (Å²) in [6, 6.07) is 5.83. The van der Waals surface area contributed by atoms with Gasteiger partial charge in [-0.05, 0) is 31.0 Å². The van der Waals surface area contributed by atoms with Crippen LogP contribution in [0.3, 0.4) is 0 Å². The molecule has 0 radical (unpaired) electrons. The number of benzene rings is 1. The average Bonchev–Trinajstić information content (AvgIpc) is 2.17. The van der Waals surface area contributed by atoms with Gasteiger partial charge < -0.3 is 4.74 Å². The molecule has 0 saturated carbocycles. The largest absolute Gasteiger partial charge is 0.462 e. The lowest BCUT2D eigenvalue weighted by Gasteiger charge is -2.06. The molecule has 1 rings (SSSR count). The molecule has 0 spiro atoms. The first-order valence-electron chi connectivity index (χ1n) is 4.51. The molecule has 0 unspecified atom stereocenters. The number of hydrogen-bond acceptors (Lipinski definition) is 2. The molecule has 76 valence electrons. The number of aryl methyl sites for hydroxylation is 1. The van der Waals surface area contributed by atoms with Crippen molar-refractivity contribution in [2.75, 3.05) is 6.61 Å². The molecular weight excluding hydrogens is 291 g/mol. The van der Waals surface area contributed by atoms with Crippen molar-refractivity contribution in [2.24, 2.45) is 0 Å². The Morgan fingerprint density at radius 3 is 2.71 bits per heavy atom. The Kier molecular flexibility index (Phi) is 4.38. The molecule has 0 fully saturated rings. The maximum atomic E-state index is 11.4. The van der Waals surface area contributed by atoms with E-state index in [-0.39, 0.29) is 5.97 Å². The molecule has 0 aromatic heterocycles. The van der Waals surface area contributed by atoms with E-state index in [0.717, 1.165) is 9.99 Å². The van der Waals surface area contributed by atoms with Crippen molar-refractivity contribution in [1.82, 2.24) is 0 Å². The molecule has 0 saturated heterocycles. The van der Waals surface area contributed by atoms with Gasteiger partial charge in [-0.3, -0.25) is 0 Å². The van der Waals surface area contributed by atoms with E-state index < -0.39 is 0 Å². The van der Waals surface area contributed by atoms with Gasteiger partial charge in [0.15, 0.2) is 0 Å². The lowest BCUT2D eigenvalue weighted by atomic mass is 10.1. The maximum absolute atomic E-state index is 11.4. The van der Waals surface area contributed by atoms with Crippen LogP contribution < -0.4 is 0 Å². The quantitative estimate of drug-likeness (QED) is 0.487. The van der Waals surface area contributed by atoms with Crippen LogP contribution in [0.15, 0.2) is 18.2 Å². The van der Waals surface area contributed by atoms with Crippen molar-refractivity contribution in [3.63, 3.8) is 0 Å². The van der Waals surface area contributed by atoms with Gasteiger partial charge in [0.05, 0.1) is 12.2 Å². The summed E-state index contributed by atoms with van der Waals surface area (Å²) in [7, 11) is 0. The van der Waals surface area contributed by atoms with E-state index in [2.05, 4.69) is 22.6 Å². The van der Waals surface area contributed by atoms with Gasteiger partial charge >= 0.3 is 5.97 Å². The van der Waals surface area contributed by atoms with Crippen LogP contribution >= 0.6 is 22.6 Å². The number of ether oxygens (including phenoxy) is 1. The third-order valence-corrected chi connectivity index (χ3v) is 2.82. The number of hydrogen-bond donors (Lipinski definition) is 0. The zero-order valence-corrected chi connectivity index (χ0v) is 10.5. The van der Waals surface area contributed by atoms with Crippen molar-refractivity contribution >= 4 is 28.6 Å². The van der Waals surface area contributed by atoms with Crippen LogP contribution in [0, 0.1) is 6.92 Å². The predicted molar refractivity (Wildman–Crippen MR) is 64.9 cm³/mol. The highest BCUT2D eigenvalue weighted by molar-refractivity contribution is 14.1. The van der Waals surface area contributed by atoms with Gasteiger partial charge in [-0.15, -0.1) is 0 Å². The van der Waals surface area contributed by atoms with Crippen molar-refractivity contribution in [3.8, 4) is 0 Å². The summed E-state index contributed by atoms with van der Waals surface area (Å²) in [5.41, 5.74) is 2.88. The minimum atomic E-state index is -0.231. The average molecular weight is 304 g/mol. The van der Waals surface area contributed by atoms with E-state index in [9.17, 15) is 4.79 Å². The van der Waals surface area contributed by atoms with E-state index in [4.69, 9.17) is 4.74 Å². The standard InChI is InChI=1S/C11H13IO2/c1-3-14-11(13)10-5-4-9(7-12)6-8(10)2/h4-6H,3,7H2,1-2H3. The normalized spacial score (nSPS) is 9.93. The van der Waals surface area contributed by atoms with Crippen LogP contribution in [-0.4, -0.2) is 12.6 Å². The SMILES string of the molecule is CCOC(=O)c1ccc(CI)cc1C. The summed E-state index contributed by atoms with van der Waals surface area (Å²) in [6.45, 7) is 4.17. The molecule has 0 aliphatic carbocycles. The summed E-state index contributed by atoms with van der Waals surface area (Å²) in [4.78, 5) is 11.4. The number of esters is 1. The summed E-state index contributed by atoms with van der Waals surface area (Å²) in [5, 5.41) is 0. The lowest BCUT2D eigenvalue weighted by molar-refractivity contribution is 0.0525. The Morgan fingerprint density at radius 1 is 1.50 bits per heavy atom. The summed E-state index contributed by atoms with van der Waals surface area (Å²) in [6.07, 6.45) is 0. The second kappa shape index (κ2) is 5.34. The topological polar surface area (TPSA) is 26.3 Å². The Morgan fingerprint density at radius 2 is 2.21 bits per heavy atom. The first-order valence-corrected chi connectivity index (χ1v) is 6.04. The molecular formula is C11H13IO2. The lowest BCUT2D eigenvalue weighted by Crippen LogP contribution is -2.06. The third-order valence-electron chi connectivity index (χ3n) is 1.94. The van der Waals surface area contributed by atoms with Crippen molar-refractivity contribution < 1.29 is 9.53 Å². The molecule has 0 atom stereocenters. The molecule has 0 heterocycles. The molecule has 2 nitrogen and oxygen atoms in total. The summed E-state index contributed by atoms with van der Waals surface area (Å²) < 4.78 is 5.90. The van der Waals surface area contributed by atoms with Crippen LogP contribution in [0.4, 0.5) is 0 Å². The fourth-order valence-electron chi connectivity index (χ4n) is 1.25. The molecule has 0 N–H and O–H groups in total. The Labute approximate surface area is 97.8 Å². The van der Waals surface area contributed by atoms with Gasteiger partial charge in [-0.25, -0.2) is 4.79 Å². The molecule has 0 aliphatic heterocycles. The molecule has 0 bridgehead atoms. The number of carbonyl (C=O) groups is 1. The zero-order chi connectivity index (χ0) is 10.6. The van der Waals surface area contributed by atoms with Gasteiger partial charge in [-0.1, -0.05) is 34.7 Å². The van der Waals surface area contributed by atoms with E-state index >= 15 is 0 Å². The summed E-state index contributed by atoms with van der Waals surface area (Å²) in [5.74, 6) is -0.231. The molecule has 3 heteroatoms. The molecule has 1 aromatic carbocycles. The van der Waals surface area contributed by atoms with Crippen LogP contribution in [0.2, 0.25) is 0 Å². The molecule has 1 aromatic rings. The minimum absolute atomic E-state index is 0.231. The first kappa shape index (κ1) is 11.5. The second-order valence-corrected chi connectivity index (χ2v) is 3.77. The fourth-order valence-corrected chi connectivity index (χ4v) is 1.72. The minimum Gasteiger partial charge on any atom is -0.462 e. The van der Waals surface area contributed by atoms with E-state index in [1.54, 1.807) is 0 Å². The Hall–Kier alpha value is -0.580. The van der Waals surface area contributed by atoms with Gasteiger partial charge in [0.2, 0.25) is 0 Å². The van der Waals surface area contributed by atoms with E-state index in [1.165, 1.54) is 5.56 Å². The highest BCUT2D eigenvalue weighted by Crippen LogP contribution is 2.14. The van der Waals surface area contributed by atoms with Gasteiger partial charge in [0.25, 0.3) is 0 Å². The number of halogens is 1. The highest BCUT2D eigenvalue weighted by atomic mass is 127. The van der Waals surface area contributed by atoms with Gasteiger partial charge in [-0.2, -0.15) is 0 Å². The third kappa shape index (κ3) is 2.70. The second-order valence-electron chi connectivity index (χ2n) is 3.00. The van der Waals surface area contributed by atoms with Gasteiger partial charge in [0, 0.05) is 4.43 Å². The van der Waals surface area contributed by atoms with Crippen molar-refractivity contribution in [3.05, 3.63) is 34.9 Å². The van der Waals surface area contributed by atoms with Crippen LogP contribution in [0.5, 0.6) is 0 Å². The number of alkyl halides is 1. The number of rotatable bonds is 3. The first-order chi connectivity index (χ1) is 6.69. The summed E-state index contributed by atoms with van der Waals surface area (Å²) >= 11 is 2.30. The molecule has 0 amide bonds. The zero-order valence-electron chi connectivity index (χ0n) is 8.34. The molecule has 0 aliphatic rings. The van der Waals surface area contributed by atoms with Gasteiger partial charge in [0.1, 0.15) is 0 Å². The van der Waals surface area contributed by atoms with Crippen molar-refractivity contribution in [1.29, 1.82) is 0 Å². The number of carbonyl (C=O) groups excluding carboxylic acids is 1. The monoisotopic (exact) mass is 304 g/mol. The molecule has 14 heavy (non-hydrogen) atoms. The fraction of sp³-hybridized carbons (Fsp3) is 0.364. The highest BCUT2D eigenvalue weighted by Gasteiger charge is 2.09. The Bertz CT molecular complexity index is 334. The van der Waals surface area contributed by atoms with Crippen LogP contribution in [0.25, 0.3) is 0 Å². The van der Waals surface area contributed by atoms with Crippen LogP contribution in [0.1, 0.15) is 28.4 Å². The van der Waals surface area contributed by atoms with E-state index in [0.29, 0.717) is 12.2 Å². The maximum Gasteiger partial charge on any atom is 0.338 e. The smallest absolute Gasteiger partial charge is 0.338 e. The predicted octanol–water partition coefficient (Wildman–Crippen LogP) is 3.11. The van der Waals surface area contributed by atoms with Crippen molar-refractivity contribution in [2.45, 2.75) is 18.3 Å². The Balaban J connectivity index is 2.94. The van der Waals surface area contributed by atoms with Crippen LogP contribution in [-0.2, 0) is 9.16 Å². The van der Waals surface area contributed by atoms with E-state index in [1.807, 2.05) is 32.0 Å².